The van der Waals surface area contributed by atoms with Gasteiger partial charge in [-0.25, -0.2) is 44.3 Å². The van der Waals surface area contributed by atoms with Gasteiger partial charge in [-0.05, 0) is 5.56 Å². The van der Waals surface area contributed by atoms with Crippen LogP contribution in [0.25, 0.3) is 0 Å². The molecule has 0 heterocycles. The summed E-state index contributed by atoms with van der Waals surface area (Å²) in [4.78, 5) is 50.1. The van der Waals surface area contributed by atoms with E-state index in [1.54, 1.807) is 18.2 Å². The maximum absolute atomic E-state index is 14.1. The molecule has 4 rings (SSSR count). The van der Waals surface area contributed by atoms with Crippen LogP contribution in [-0.4, -0.2) is 69.2 Å². The number of nitrogens with one attached hydrogen (secondary N) is 1. The number of benzene rings is 4. The average Bonchev–Trinajstić information content (AvgIpc) is 3.30. The Morgan fingerprint density at radius 1 is 0.409 bits per heavy atom. The molecule has 358 valence electrons. The van der Waals surface area contributed by atoms with E-state index in [0.29, 0.717) is 5.56 Å². The third-order valence-electron chi connectivity index (χ3n) is 8.22. The molecule has 4 aromatic rings. The number of hydrogen-bond acceptors (Lipinski definition) is 11. The first-order valence-electron chi connectivity index (χ1n) is 18.0. The largest absolute Gasteiger partial charge is 0.445 e. The number of esters is 3. The predicted octanol–water partition coefficient (Wildman–Crippen LogP) is 7.78. The maximum atomic E-state index is 14.1. The van der Waals surface area contributed by atoms with Crippen molar-refractivity contribution >= 4 is 24.0 Å². The van der Waals surface area contributed by atoms with Gasteiger partial charge in [0.05, 0.1) is 58.9 Å². The van der Waals surface area contributed by atoms with E-state index in [4.69, 9.17) is 18.9 Å². The van der Waals surface area contributed by atoms with Crippen LogP contribution in [-0.2, 0) is 39.9 Å². The smallest absolute Gasteiger partial charge is 0.408 e. The van der Waals surface area contributed by atoms with E-state index in [1.165, 1.54) is 12.1 Å². The van der Waals surface area contributed by atoms with Crippen LogP contribution in [0, 0.1) is 87.3 Å². The van der Waals surface area contributed by atoms with Gasteiger partial charge in [-0.15, -0.1) is 0 Å². The van der Waals surface area contributed by atoms with E-state index in [0.717, 1.165) is 0 Å². The van der Waals surface area contributed by atoms with Crippen molar-refractivity contribution in [2.24, 2.45) is 0 Å². The highest BCUT2D eigenvalue weighted by Gasteiger charge is 2.36. The van der Waals surface area contributed by atoms with Gasteiger partial charge in [-0.1, -0.05) is 30.3 Å². The number of amides is 1. The molecule has 1 amide bonds. The molecule has 0 spiro atoms. The summed E-state index contributed by atoms with van der Waals surface area (Å²) in [5.41, 5.74) is -1.79. The zero-order valence-electron chi connectivity index (χ0n) is 32.6. The lowest BCUT2D eigenvalue weighted by atomic mass is 10.0. The molecule has 0 saturated heterocycles. The molecule has 66 heavy (non-hydrogen) atoms. The molecule has 0 atom stereocenters. The minimum absolute atomic E-state index is 0.411. The minimum atomic E-state index is -2.57. The fourth-order valence-electron chi connectivity index (χ4n) is 5.00. The highest BCUT2D eigenvalue weighted by atomic mass is 19.2. The molecule has 27 heteroatoms. The number of carbonyl (C=O) groups excluding carboxylic acids is 4. The lowest BCUT2D eigenvalue weighted by molar-refractivity contribution is -0.136. The van der Waals surface area contributed by atoms with Crippen LogP contribution in [0.2, 0.25) is 0 Å². The normalized spacial score (nSPS) is 11.4. The Balaban J connectivity index is 1.52. The molecule has 0 radical (unpaired) electrons. The third kappa shape index (κ3) is 12.8. The number of rotatable bonds is 21. The SMILES string of the molecule is O=C(CCOCC(COCCC(=O)Oc1c(F)c(F)c(F)c(F)c1F)(COCCC(=O)Oc1c(F)c(F)c(F)c(F)c1F)NC(=O)OCc1ccccc1)Oc1c(F)c(F)c(F)c(F)c1F. The topological polar surface area (TPSA) is 145 Å². The number of carbonyl (C=O) groups is 4. The summed E-state index contributed by atoms with van der Waals surface area (Å²) in [5, 5.41) is 2.24. The Morgan fingerprint density at radius 3 is 0.970 bits per heavy atom. The monoisotopic (exact) mass is 969 g/mol. The molecule has 0 bridgehead atoms. The number of alkyl carbamates (subject to hydrolysis) is 1. The van der Waals surface area contributed by atoms with Crippen LogP contribution in [0.3, 0.4) is 0 Å². The van der Waals surface area contributed by atoms with Crippen molar-refractivity contribution in [1.29, 1.82) is 0 Å². The van der Waals surface area contributed by atoms with Crippen LogP contribution in [0.5, 0.6) is 17.2 Å². The average molecular weight is 970 g/mol. The van der Waals surface area contributed by atoms with Gasteiger partial charge in [-0.3, -0.25) is 14.4 Å². The number of ether oxygens (including phenoxy) is 7. The summed E-state index contributed by atoms with van der Waals surface area (Å²) >= 11 is 0. The van der Waals surface area contributed by atoms with Gasteiger partial charge in [0.15, 0.2) is 0 Å². The van der Waals surface area contributed by atoms with Crippen LogP contribution in [0.1, 0.15) is 24.8 Å². The first kappa shape index (κ1) is 52.0. The molecular weight excluding hydrogens is 943 g/mol. The lowest BCUT2D eigenvalue weighted by Gasteiger charge is -2.33. The van der Waals surface area contributed by atoms with Crippen molar-refractivity contribution in [1.82, 2.24) is 5.32 Å². The summed E-state index contributed by atoms with van der Waals surface area (Å²) in [6, 6.07) is 7.75. The molecule has 0 aliphatic rings. The fraction of sp³-hybridized carbons (Fsp3) is 0.282. The van der Waals surface area contributed by atoms with Gasteiger partial charge in [-0.2, -0.15) is 26.3 Å². The Labute approximate surface area is 359 Å². The molecular formula is C39H26F15NO11. The fourth-order valence-corrected chi connectivity index (χ4v) is 5.00. The second-order valence-electron chi connectivity index (χ2n) is 13.0. The van der Waals surface area contributed by atoms with Gasteiger partial charge in [0.25, 0.3) is 0 Å². The Morgan fingerprint density at radius 2 is 0.682 bits per heavy atom. The quantitative estimate of drug-likeness (QED) is 0.0218. The highest BCUT2D eigenvalue weighted by Crippen LogP contribution is 2.32. The van der Waals surface area contributed by atoms with Crippen molar-refractivity contribution < 1.29 is 118 Å². The van der Waals surface area contributed by atoms with Crippen LogP contribution >= 0.6 is 0 Å². The molecule has 12 nitrogen and oxygen atoms in total. The molecule has 0 fully saturated rings. The van der Waals surface area contributed by atoms with Crippen LogP contribution in [0.15, 0.2) is 30.3 Å². The Kier molecular flexibility index (Phi) is 18.1. The van der Waals surface area contributed by atoms with Gasteiger partial charge in [0.2, 0.25) is 105 Å². The number of hydrogen-bond donors (Lipinski definition) is 1. The van der Waals surface area contributed by atoms with Crippen molar-refractivity contribution in [2.75, 3.05) is 39.6 Å². The molecule has 0 aliphatic heterocycles. The van der Waals surface area contributed by atoms with E-state index in [2.05, 4.69) is 19.5 Å². The summed E-state index contributed by atoms with van der Waals surface area (Å²) in [6.07, 6.45) is -4.45. The molecule has 0 unspecified atom stereocenters. The predicted molar refractivity (Wildman–Crippen MR) is 184 cm³/mol. The summed E-state index contributed by atoms with van der Waals surface area (Å²) in [5.74, 6) is -48.5. The van der Waals surface area contributed by atoms with E-state index in [-0.39, 0.29) is 0 Å². The summed E-state index contributed by atoms with van der Waals surface area (Å²) < 4.78 is 240. The molecule has 4 aromatic carbocycles. The van der Waals surface area contributed by atoms with Gasteiger partial charge in [0.1, 0.15) is 12.1 Å². The Bertz CT molecular complexity index is 2160. The van der Waals surface area contributed by atoms with Gasteiger partial charge in [0, 0.05) is 0 Å². The first-order valence-corrected chi connectivity index (χ1v) is 18.0. The van der Waals surface area contributed by atoms with Crippen molar-refractivity contribution in [3.63, 3.8) is 0 Å². The van der Waals surface area contributed by atoms with Crippen molar-refractivity contribution in [3.05, 3.63) is 123 Å². The molecule has 1 N–H and O–H groups in total. The summed E-state index contributed by atoms with van der Waals surface area (Å²) in [6.45, 7) is -5.95. The highest BCUT2D eigenvalue weighted by molar-refractivity contribution is 5.73. The van der Waals surface area contributed by atoms with Gasteiger partial charge >= 0.3 is 24.0 Å². The molecule has 0 aliphatic carbocycles. The van der Waals surface area contributed by atoms with Crippen molar-refractivity contribution in [2.45, 2.75) is 31.4 Å². The van der Waals surface area contributed by atoms with E-state index in [9.17, 15) is 85.0 Å². The second kappa shape index (κ2) is 23.0. The first-order chi connectivity index (χ1) is 31.1. The third-order valence-corrected chi connectivity index (χ3v) is 8.22. The van der Waals surface area contributed by atoms with Crippen LogP contribution in [0.4, 0.5) is 70.7 Å². The van der Waals surface area contributed by atoms with E-state index >= 15 is 0 Å². The summed E-state index contributed by atoms with van der Waals surface area (Å²) in [7, 11) is 0. The van der Waals surface area contributed by atoms with Crippen molar-refractivity contribution in [3.8, 4) is 17.2 Å². The molecule has 0 aromatic heterocycles. The van der Waals surface area contributed by atoms with E-state index < -0.39 is 200 Å². The maximum Gasteiger partial charge on any atom is 0.408 e. The van der Waals surface area contributed by atoms with E-state index in [1.807, 2.05) is 0 Å². The van der Waals surface area contributed by atoms with Crippen LogP contribution < -0.4 is 19.5 Å². The standard InChI is InChI=1S/C39H26F15NO11/c40-20-23(43)29(49)35(30(50)24(20)44)64-17(56)6-9-60-13-39(55-38(59)63-12-16-4-2-1-3-5-16,14-61-10-7-18(57)65-36-31(51)25(45)21(41)26(46)32(36)52)15-62-11-8-19(58)66-37-33(53)27(47)22(42)28(48)34(37)54/h1-5H,6-15H2,(H,55,59). The zero-order chi connectivity index (χ0) is 49.0. The van der Waals surface area contributed by atoms with Gasteiger partial charge < -0.3 is 38.5 Å². The molecule has 0 saturated carbocycles. The number of halogens is 15. The zero-order valence-corrected chi connectivity index (χ0v) is 32.6. The second-order valence-corrected chi connectivity index (χ2v) is 13.0. The Hall–Kier alpha value is -6.61. The minimum Gasteiger partial charge on any atom is -0.445 e. The lowest BCUT2D eigenvalue weighted by Crippen LogP contribution is -2.58.